The smallest absolute Gasteiger partial charge is 0.121 e. The molecular weight excluding hydrogens is 240 g/mol. The quantitative estimate of drug-likeness (QED) is 0.868. The van der Waals surface area contributed by atoms with Crippen molar-refractivity contribution in [3.63, 3.8) is 0 Å². The second-order valence-corrected chi connectivity index (χ2v) is 4.51. The van der Waals surface area contributed by atoms with E-state index in [1.807, 2.05) is 35.0 Å². The first-order valence-corrected chi connectivity index (χ1v) is 6.54. The zero-order valence-electron chi connectivity index (χ0n) is 11.4. The highest BCUT2D eigenvalue weighted by molar-refractivity contribution is 5.33. The number of aryl methyl sites for hydroxylation is 1. The van der Waals surface area contributed by atoms with E-state index in [9.17, 15) is 5.11 Å². The van der Waals surface area contributed by atoms with Crippen LogP contribution in [0.5, 0.6) is 0 Å². The predicted molar refractivity (Wildman–Crippen MR) is 73.7 cm³/mol. The van der Waals surface area contributed by atoms with Crippen molar-refractivity contribution in [2.45, 2.75) is 32.6 Å². The molecule has 4 heteroatoms. The second kappa shape index (κ2) is 6.50. The largest absolute Gasteiger partial charge is 0.382 e. The van der Waals surface area contributed by atoms with Crippen molar-refractivity contribution in [2.24, 2.45) is 0 Å². The van der Waals surface area contributed by atoms with E-state index < -0.39 is 6.10 Å². The number of hydrogen-bond acceptors (Lipinski definition) is 3. The minimum absolute atomic E-state index is 0.495. The lowest BCUT2D eigenvalue weighted by atomic mass is 10.0. The summed E-state index contributed by atoms with van der Waals surface area (Å²) in [7, 11) is 1.66. The standard InChI is InChI=1S/C15H20N2O2/c1-3-10-17-14(8-9-16-17)15(18)13-7-5-4-6-12(13)11-19-2/h4-9,15,18H,3,10-11H2,1-2H3. The Morgan fingerprint density at radius 3 is 2.84 bits per heavy atom. The van der Waals surface area contributed by atoms with Crippen LogP contribution in [0.3, 0.4) is 0 Å². The highest BCUT2D eigenvalue weighted by atomic mass is 16.5. The molecular formula is C15H20N2O2. The average Bonchev–Trinajstić information content (AvgIpc) is 2.88. The van der Waals surface area contributed by atoms with Crippen LogP contribution in [0.15, 0.2) is 36.5 Å². The fourth-order valence-electron chi connectivity index (χ4n) is 2.22. The molecule has 4 nitrogen and oxygen atoms in total. The maximum absolute atomic E-state index is 10.6. The monoisotopic (exact) mass is 260 g/mol. The first-order valence-electron chi connectivity index (χ1n) is 6.54. The Kier molecular flexibility index (Phi) is 4.71. The van der Waals surface area contributed by atoms with Crippen LogP contribution in [0.2, 0.25) is 0 Å². The van der Waals surface area contributed by atoms with Crippen LogP contribution in [0.4, 0.5) is 0 Å². The lowest BCUT2D eigenvalue weighted by Crippen LogP contribution is -2.11. The Morgan fingerprint density at radius 1 is 1.32 bits per heavy atom. The Bertz CT molecular complexity index is 522. The van der Waals surface area contributed by atoms with E-state index in [4.69, 9.17) is 4.74 Å². The molecule has 0 aliphatic rings. The number of rotatable bonds is 6. The van der Waals surface area contributed by atoms with Crippen molar-refractivity contribution in [3.05, 3.63) is 53.3 Å². The summed E-state index contributed by atoms with van der Waals surface area (Å²) in [5, 5.41) is 14.8. The minimum atomic E-state index is -0.666. The van der Waals surface area contributed by atoms with Gasteiger partial charge in [-0.2, -0.15) is 5.10 Å². The molecule has 1 aromatic carbocycles. The number of aliphatic hydroxyl groups excluding tert-OH is 1. The minimum Gasteiger partial charge on any atom is -0.382 e. The van der Waals surface area contributed by atoms with E-state index in [1.54, 1.807) is 13.3 Å². The van der Waals surface area contributed by atoms with Crippen molar-refractivity contribution in [2.75, 3.05) is 7.11 Å². The number of ether oxygens (including phenoxy) is 1. The summed E-state index contributed by atoms with van der Waals surface area (Å²) in [5.74, 6) is 0. The summed E-state index contributed by atoms with van der Waals surface area (Å²) in [4.78, 5) is 0. The fourth-order valence-corrected chi connectivity index (χ4v) is 2.22. The topological polar surface area (TPSA) is 47.3 Å². The number of methoxy groups -OCH3 is 1. The lowest BCUT2D eigenvalue weighted by Gasteiger charge is -2.16. The molecule has 1 aromatic heterocycles. The van der Waals surface area contributed by atoms with Gasteiger partial charge in [0.25, 0.3) is 0 Å². The van der Waals surface area contributed by atoms with Gasteiger partial charge in [-0.1, -0.05) is 31.2 Å². The number of aliphatic hydroxyl groups is 1. The molecule has 1 N–H and O–H groups in total. The van der Waals surface area contributed by atoms with E-state index in [0.29, 0.717) is 6.61 Å². The van der Waals surface area contributed by atoms with Crippen molar-refractivity contribution in [1.29, 1.82) is 0 Å². The van der Waals surface area contributed by atoms with E-state index >= 15 is 0 Å². The van der Waals surface area contributed by atoms with Gasteiger partial charge in [0.1, 0.15) is 6.10 Å². The van der Waals surface area contributed by atoms with Crippen LogP contribution in [0, 0.1) is 0 Å². The molecule has 102 valence electrons. The summed E-state index contributed by atoms with van der Waals surface area (Å²) in [5.41, 5.74) is 2.70. The van der Waals surface area contributed by atoms with Gasteiger partial charge in [0.05, 0.1) is 12.3 Å². The van der Waals surface area contributed by atoms with Crippen LogP contribution >= 0.6 is 0 Å². The van der Waals surface area contributed by atoms with Gasteiger partial charge in [-0.05, 0) is 23.6 Å². The van der Waals surface area contributed by atoms with Crippen LogP contribution in [0.25, 0.3) is 0 Å². The molecule has 0 saturated carbocycles. The third-order valence-electron chi connectivity index (χ3n) is 3.11. The van der Waals surface area contributed by atoms with E-state index in [-0.39, 0.29) is 0 Å². The van der Waals surface area contributed by atoms with E-state index in [1.165, 1.54) is 0 Å². The Labute approximate surface area is 113 Å². The first-order chi connectivity index (χ1) is 9.27. The summed E-state index contributed by atoms with van der Waals surface area (Å²) in [6, 6.07) is 9.65. The molecule has 0 aliphatic heterocycles. The number of benzene rings is 1. The fraction of sp³-hybridized carbons (Fsp3) is 0.400. The van der Waals surface area contributed by atoms with Gasteiger partial charge in [-0.25, -0.2) is 0 Å². The average molecular weight is 260 g/mol. The molecule has 0 bridgehead atoms. The third kappa shape index (κ3) is 3.03. The molecule has 0 aliphatic carbocycles. The van der Waals surface area contributed by atoms with Crippen LogP contribution in [0.1, 0.15) is 36.3 Å². The normalized spacial score (nSPS) is 12.6. The highest BCUT2D eigenvalue weighted by Gasteiger charge is 2.17. The molecule has 0 spiro atoms. The van der Waals surface area contributed by atoms with Crippen LogP contribution < -0.4 is 0 Å². The van der Waals surface area contributed by atoms with Crippen LogP contribution in [-0.2, 0) is 17.9 Å². The van der Waals surface area contributed by atoms with Gasteiger partial charge in [-0.3, -0.25) is 4.68 Å². The van der Waals surface area contributed by atoms with Crippen molar-refractivity contribution in [1.82, 2.24) is 9.78 Å². The molecule has 1 unspecified atom stereocenters. The van der Waals surface area contributed by atoms with Gasteiger partial charge in [-0.15, -0.1) is 0 Å². The van der Waals surface area contributed by atoms with Crippen LogP contribution in [-0.4, -0.2) is 22.0 Å². The second-order valence-electron chi connectivity index (χ2n) is 4.51. The third-order valence-corrected chi connectivity index (χ3v) is 3.11. The summed E-state index contributed by atoms with van der Waals surface area (Å²) in [6.07, 6.45) is 2.05. The lowest BCUT2D eigenvalue weighted by molar-refractivity contribution is 0.173. The molecule has 0 saturated heterocycles. The van der Waals surface area contributed by atoms with Crippen molar-refractivity contribution < 1.29 is 9.84 Å². The molecule has 1 atom stereocenters. The molecule has 19 heavy (non-hydrogen) atoms. The number of aromatic nitrogens is 2. The molecule has 1 heterocycles. The molecule has 2 rings (SSSR count). The van der Waals surface area contributed by atoms with E-state index in [0.717, 1.165) is 29.8 Å². The number of nitrogens with zero attached hydrogens (tertiary/aromatic N) is 2. The maximum Gasteiger partial charge on any atom is 0.121 e. The summed E-state index contributed by atoms with van der Waals surface area (Å²) >= 11 is 0. The molecule has 2 aromatic rings. The van der Waals surface area contributed by atoms with E-state index in [2.05, 4.69) is 12.0 Å². The molecule has 0 radical (unpaired) electrons. The van der Waals surface area contributed by atoms with Gasteiger partial charge in [0.15, 0.2) is 0 Å². The summed E-state index contributed by atoms with van der Waals surface area (Å²) in [6.45, 7) is 3.40. The predicted octanol–water partition coefficient (Wildman–Crippen LogP) is 2.52. The van der Waals surface area contributed by atoms with Crippen molar-refractivity contribution >= 4 is 0 Å². The van der Waals surface area contributed by atoms with Gasteiger partial charge in [0, 0.05) is 19.9 Å². The maximum atomic E-state index is 10.6. The molecule has 0 amide bonds. The summed E-state index contributed by atoms with van der Waals surface area (Å²) < 4.78 is 7.04. The Hall–Kier alpha value is -1.65. The SMILES string of the molecule is CCCn1nccc1C(O)c1ccccc1COC. The highest BCUT2D eigenvalue weighted by Crippen LogP contribution is 2.25. The number of hydrogen-bond donors (Lipinski definition) is 1. The van der Waals surface area contributed by atoms with Gasteiger partial charge in [0.2, 0.25) is 0 Å². The van der Waals surface area contributed by atoms with Crippen molar-refractivity contribution in [3.8, 4) is 0 Å². The van der Waals surface area contributed by atoms with Gasteiger partial charge < -0.3 is 9.84 Å². The Morgan fingerprint density at radius 2 is 2.11 bits per heavy atom. The van der Waals surface area contributed by atoms with Gasteiger partial charge >= 0.3 is 0 Å². The zero-order chi connectivity index (χ0) is 13.7. The first kappa shape index (κ1) is 13.8. The zero-order valence-corrected chi connectivity index (χ0v) is 11.4. The Balaban J connectivity index is 2.32. The molecule has 0 fully saturated rings.